The predicted octanol–water partition coefficient (Wildman–Crippen LogP) is 2.99. The van der Waals surface area contributed by atoms with Crippen molar-refractivity contribution in [1.82, 2.24) is 25.2 Å². The first-order chi connectivity index (χ1) is 12.1. The zero-order valence-electron chi connectivity index (χ0n) is 15.3. The van der Waals surface area contributed by atoms with Crippen LogP contribution in [0, 0.1) is 0 Å². The second kappa shape index (κ2) is 8.98. The molecule has 0 atom stereocenters. The van der Waals surface area contributed by atoms with Crippen LogP contribution in [-0.2, 0) is 12.0 Å². The van der Waals surface area contributed by atoms with Crippen LogP contribution in [0.25, 0.3) is 5.65 Å². The van der Waals surface area contributed by atoms with Gasteiger partial charge in [0, 0.05) is 25.2 Å². The first-order valence-corrected chi connectivity index (χ1v) is 8.39. The Morgan fingerprint density at radius 1 is 1.04 bits per heavy atom. The highest BCUT2D eigenvalue weighted by Crippen LogP contribution is 2.21. The lowest BCUT2D eigenvalue weighted by atomic mass is 9.85. The fraction of sp³-hybridized carbons (Fsp3) is 0.316. The molecule has 1 aromatic carbocycles. The van der Waals surface area contributed by atoms with Crippen molar-refractivity contribution in [1.29, 1.82) is 0 Å². The molecule has 0 aliphatic carbocycles. The van der Waals surface area contributed by atoms with Gasteiger partial charge in [0.25, 0.3) is 0 Å². The maximum atomic E-state index is 4.30. The molecule has 138 valence electrons. The number of benzene rings is 1. The lowest BCUT2D eigenvalue weighted by Crippen LogP contribution is -2.43. The van der Waals surface area contributed by atoms with Crippen LogP contribution in [0.2, 0.25) is 0 Å². The van der Waals surface area contributed by atoms with Crippen molar-refractivity contribution in [2.24, 2.45) is 4.99 Å². The molecule has 0 bridgehead atoms. The third-order valence-corrected chi connectivity index (χ3v) is 4.27. The number of nitrogens with zero attached hydrogens (tertiary/aromatic N) is 4. The summed E-state index contributed by atoms with van der Waals surface area (Å²) in [7, 11) is 1.77. The smallest absolute Gasteiger partial charge is 0.191 e. The van der Waals surface area contributed by atoms with Crippen molar-refractivity contribution in [3.8, 4) is 0 Å². The highest BCUT2D eigenvalue weighted by Gasteiger charge is 2.20. The molecule has 2 aromatic heterocycles. The van der Waals surface area contributed by atoms with Crippen molar-refractivity contribution in [2.45, 2.75) is 25.8 Å². The highest BCUT2D eigenvalue weighted by atomic mass is 127. The van der Waals surface area contributed by atoms with Gasteiger partial charge in [-0.2, -0.15) is 0 Å². The van der Waals surface area contributed by atoms with Crippen LogP contribution in [-0.4, -0.2) is 34.2 Å². The van der Waals surface area contributed by atoms with E-state index < -0.39 is 0 Å². The number of pyridine rings is 1. The lowest BCUT2D eigenvalue weighted by Gasteiger charge is -2.26. The average Bonchev–Trinajstić information content (AvgIpc) is 3.06. The monoisotopic (exact) mass is 464 g/mol. The summed E-state index contributed by atoms with van der Waals surface area (Å²) in [5, 5.41) is 15.1. The van der Waals surface area contributed by atoms with E-state index in [1.807, 2.05) is 34.9 Å². The number of aliphatic imine (C=N–C) groups is 1. The molecule has 0 aliphatic heterocycles. The molecule has 0 fully saturated rings. The van der Waals surface area contributed by atoms with Crippen molar-refractivity contribution < 1.29 is 0 Å². The Morgan fingerprint density at radius 3 is 2.50 bits per heavy atom. The van der Waals surface area contributed by atoms with Gasteiger partial charge in [0.15, 0.2) is 17.4 Å². The summed E-state index contributed by atoms with van der Waals surface area (Å²) in [5.41, 5.74) is 2.13. The Bertz CT molecular complexity index is 857. The summed E-state index contributed by atoms with van der Waals surface area (Å²) in [6, 6.07) is 16.3. The van der Waals surface area contributed by atoms with Gasteiger partial charge in [-0.25, -0.2) is 0 Å². The Morgan fingerprint density at radius 2 is 1.77 bits per heavy atom. The molecule has 0 spiro atoms. The fourth-order valence-corrected chi connectivity index (χ4v) is 2.69. The third-order valence-electron chi connectivity index (χ3n) is 4.27. The largest absolute Gasteiger partial charge is 0.356 e. The number of nitrogens with one attached hydrogen (secondary N) is 2. The second-order valence-corrected chi connectivity index (χ2v) is 6.57. The molecular formula is C19H25IN6. The minimum absolute atomic E-state index is 0. The molecule has 0 saturated carbocycles. The molecule has 0 radical (unpaired) electrons. The first-order valence-electron chi connectivity index (χ1n) is 8.39. The zero-order valence-corrected chi connectivity index (χ0v) is 17.6. The molecule has 0 saturated heterocycles. The molecule has 3 aromatic rings. The standard InChI is InChI=1S/C19H24N6.HI/c1-19(2,15-9-5-4-6-10-15)14-22-18(20-3)21-13-17-24-23-16-11-7-8-12-25(16)17;/h4-12H,13-14H2,1-3H3,(H2,20,21,22);1H. The van der Waals surface area contributed by atoms with E-state index in [9.17, 15) is 0 Å². The van der Waals surface area contributed by atoms with Crippen LogP contribution in [0.5, 0.6) is 0 Å². The molecule has 2 N–H and O–H groups in total. The van der Waals surface area contributed by atoms with Crippen LogP contribution >= 0.6 is 24.0 Å². The van der Waals surface area contributed by atoms with E-state index in [-0.39, 0.29) is 29.4 Å². The van der Waals surface area contributed by atoms with Crippen molar-refractivity contribution in [3.05, 3.63) is 66.1 Å². The number of rotatable bonds is 5. The van der Waals surface area contributed by atoms with Crippen LogP contribution in [0.4, 0.5) is 0 Å². The van der Waals surface area contributed by atoms with Crippen LogP contribution < -0.4 is 10.6 Å². The maximum Gasteiger partial charge on any atom is 0.191 e. The average molecular weight is 464 g/mol. The summed E-state index contributed by atoms with van der Waals surface area (Å²) in [5.74, 6) is 1.59. The minimum Gasteiger partial charge on any atom is -0.356 e. The van der Waals surface area contributed by atoms with E-state index >= 15 is 0 Å². The summed E-state index contributed by atoms with van der Waals surface area (Å²) in [6.45, 7) is 5.76. The quantitative estimate of drug-likeness (QED) is 0.346. The molecule has 6 nitrogen and oxygen atoms in total. The van der Waals surface area contributed by atoms with Gasteiger partial charge < -0.3 is 10.6 Å². The summed E-state index contributed by atoms with van der Waals surface area (Å²) >= 11 is 0. The zero-order chi connectivity index (χ0) is 17.7. The molecule has 0 aliphatic rings. The number of fused-ring (bicyclic) bond motifs is 1. The van der Waals surface area contributed by atoms with E-state index in [1.165, 1.54) is 5.56 Å². The van der Waals surface area contributed by atoms with Gasteiger partial charge in [0.2, 0.25) is 0 Å². The maximum absolute atomic E-state index is 4.30. The number of aromatic nitrogens is 3. The topological polar surface area (TPSA) is 66.6 Å². The van der Waals surface area contributed by atoms with Crippen LogP contribution in [0.3, 0.4) is 0 Å². The first kappa shape index (κ1) is 20.2. The Kier molecular flexibility index (Phi) is 6.96. The minimum atomic E-state index is 0. The summed E-state index contributed by atoms with van der Waals surface area (Å²) in [6.07, 6.45) is 1.96. The number of halogens is 1. The van der Waals surface area contributed by atoms with Crippen molar-refractivity contribution >= 4 is 35.6 Å². The fourth-order valence-electron chi connectivity index (χ4n) is 2.69. The Labute approximate surface area is 171 Å². The number of guanidine groups is 1. The number of hydrogen-bond acceptors (Lipinski definition) is 3. The highest BCUT2D eigenvalue weighted by molar-refractivity contribution is 14.0. The van der Waals surface area contributed by atoms with Gasteiger partial charge in [0.1, 0.15) is 0 Å². The van der Waals surface area contributed by atoms with Gasteiger partial charge in [-0.3, -0.25) is 9.39 Å². The second-order valence-electron chi connectivity index (χ2n) is 6.57. The van der Waals surface area contributed by atoms with E-state index in [0.717, 1.165) is 24.0 Å². The van der Waals surface area contributed by atoms with Crippen LogP contribution in [0.1, 0.15) is 25.2 Å². The molecule has 0 unspecified atom stereocenters. The van der Waals surface area contributed by atoms with E-state index in [2.05, 4.69) is 63.9 Å². The molecule has 26 heavy (non-hydrogen) atoms. The van der Waals surface area contributed by atoms with Crippen molar-refractivity contribution in [2.75, 3.05) is 13.6 Å². The molecule has 3 rings (SSSR count). The van der Waals surface area contributed by atoms with Crippen molar-refractivity contribution in [3.63, 3.8) is 0 Å². The SMILES string of the molecule is CN=C(NCc1nnc2ccccn12)NCC(C)(C)c1ccccc1.I. The van der Waals surface area contributed by atoms with Gasteiger partial charge in [0.05, 0.1) is 6.54 Å². The van der Waals surface area contributed by atoms with Gasteiger partial charge >= 0.3 is 0 Å². The summed E-state index contributed by atoms with van der Waals surface area (Å²) < 4.78 is 1.97. The van der Waals surface area contributed by atoms with Crippen LogP contribution in [0.15, 0.2) is 59.7 Å². The normalized spacial score (nSPS) is 11.9. The van der Waals surface area contributed by atoms with E-state index in [4.69, 9.17) is 0 Å². The third kappa shape index (κ3) is 4.72. The Hall–Kier alpha value is -2.16. The molecule has 7 heteroatoms. The predicted molar refractivity (Wildman–Crippen MR) is 116 cm³/mol. The molecule has 2 heterocycles. The van der Waals surface area contributed by atoms with E-state index in [0.29, 0.717) is 6.54 Å². The summed E-state index contributed by atoms with van der Waals surface area (Å²) in [4.78, 5) is 4.30. The van der Waals surface area contributed by atoms with Gasteiger partial charge in [-0.05, 0) is 17.7 Å². The van der Waals surface area contributed by atoms with Gasteiger partial charge in [-0.15, -0.1) is 34.2 Å². The Balaban J connectivity index is 0.00000243. The molecular weight excluding hydrogens is 439 g/mol. The van der Waals surface area contributed by atoms with E-state index in [1.54, 1.807) is 7.05 Å². The lowest BCUT2D eigenvalue weighted by molar-refractivity contribution is 0.508. The number of hydrogen-bond donors (Lipinski definition) is 2. The molecule has 0 amide bonds. The van der Waals surface area contributed by atoms with Gasteiger partial charge in [-0.1, -0.05) is 50.2 Å².